The Morgan fingerprint density at radius 3 is 2.21 bits per heavy atom. The van der Waals surface area contributed by atoms with Gasteiger partial charge in [0, 0.05) is 44.0 Å². The molecule has 1 saturated heterocycles. The maximum atomic E-state index is 13.0. The summed E-state index contributed by atoms with van der Waals surface area (Å²) in [4.78, 5) is 28.6. The van der Waals surface area contributed by atoms with Gasteiger partial charge in [-0.25, -0.2) is 4.79 Å². The summed E-state index contributed by atoms with van der Waals surface area (Å²) >= 11 is 5.99. The first kappa shape index (κ1) is 27.3. The Hall–Kier alpha value is -3.72. The van der Waals surface area contributed by atoms with Crippen LogP contribution >= 0.6 is 11.6 Å². The summed E-state index contributed by atoms with van der Waals surface area (Å²) in [7, 11) is 0. The Morgan fingerprint density at radius 2 is 1.55 bits per heavy atom. The molecule has 0 bridgehead atoms. The maximum absolute atomic E-state index is 13.0. The van der Waals surface area contributed by atoms with Crippen molar-refractivity contribution in [1.29, 1.82) is 0 Å². The van der Waals surface area contributed by atoms with Crippen molar-refractivity contribution < 1.29 is 22.8 Å². The third kappa shape index (κ3) is 7.41. The second kappa shape index (κ2) is 12.2. The summed E-state index contributed by atoms with van der Waals surface area (Å²) in [6, 6.07) is 19.9. The van der Waals surface area contributed by atoms with Crippen LogP contribution in [0.15, 0.2) is 72.8 Å². The summed E-state index contributed by atoms with van der Waals surface area (Å²) in [6.07, 6.45) is -2.47. The predicted molar refractivity (Wildman–Crippen MR) is 144 cm³/mol. The highest BCUT2D eigenvalue weighted by molar-refractivity contribution is 6.33. The second-order valence-corrected chi connectivity index (χ2v) is 9.44. The molecule has 0 saturated carbocycles. The molecule has 0 spiro atoms. The van der Waals surface area contributed by atoms with E-state index in [-0.39, 0.29) is 16.6 Å². The molecular weight excluding hydrogens is 517 g/mol. The number of anilines is 3. The van der Waals surface area contributed by atoms with Crippen molar-refractivity contribution in [3.8, 4) is 0 Å². The molecule has 3 amide bonds. The van der Waals surface area contributed by atoms with E-state index in [0.29, 0.717) is 32.6 Å². The number of carbonyl (C=O) groups excluding carboxylic acids is 2. The van der Waals surface area contributed by atoms with E-state index in [1.165, 1.54) is 10.5 Å². The van der Waals surface area contributed by atoms with Crippen molar-refractivity contribution in [1.82, 2.24) is 4.90 Å². The van der Waals surface area contributed by atoms with Crippen molar-refractivity contribution in [3.63, 3.8) is 0 Å². The number of amides is 3. The first-order chi connectivity index (χ1) is 18.2. The minimum absolute atomic E-state index is 0.0332. The quantitative estimate of drug-likeness (QED) is 0.349. The number of hydrogen-bond acceptors (Lipinski definition) is 3. The SMILES string of the molecule is O=C(CCCc1ccccc1)Nc1ccc(N2CCN(C(=O)Nc3cc(C(F)(F)F)ccc3Cl)CC2)cc1. The van der Waals surface area contributed by atoms with Gasteiger partial charge in [-0.2, -0.15) is 13.2 Å². The lowest BCUT2D eigenvalue weighted by atomic mass is 10.1. The highest BCUT2D eigenvalue weighted by Gasteiger charge is 2.31. The number of nitrogens with one attached hydrogen (secondary N) is 2. The van der Waals surface area contributed by atoms with Gasteiger partial charge in [0.05, 0.1) is 16.3 Å². The fourth-order valence-corrected chi connectivity index (χ4v) is 4.40. The molecule has 0 aromatic heterocycles. The zero-order valence-electron chi connectivity index (χ0n) is 20.6. The molecule has 0 atom stereocenters. The zero-order chi connectivity index (χ0) is 27.1. The molecule has 3 aromatic carbocycles. The Morgan fingerprint density at radius 1 is 0.868 bits per heavy atom. The van der Waals surface area contributed by atoms with Gasteiger partial charge < -0.3 is 20.4 Å². The molecule has 38 heavy (non-hydrogen) atoms. The topological polar surface area (TPSA) is 64.7 Å². The van der Waals surface area contributed by atoms with Gasteiger partial charge in [-0.1, -0.05) is 41.9 Å². The molecule has 0 aliphatic carbocycles. The van der Waals surface area contributed by atoms with Gasteiger partial charge in [-0.15, -0.1) is 0 Å². The Labute approximate surface area is 224 Å². The van der Waals surface area contributed by atoms with Gasteiger partial charge in [0.1, 0.15) is 0 Å². The molecule has 0 unspecified atom stereocenters. The van der Waals surface area contributed by atoms with Crippen molar-refractivity contribution in [2.75, 3.05) is 41.7 Å². The highest BCUT2D eigenvalue weighted by atomic mass is 35.5. The molecule has 1 fully saturated rings. The number of piperazine rings is 1. The van der Waals surface area contributed by atoms with Crippen LogP contribution in [0.1, 0.15) is 24.0 Å². The number of benzene rings is 3. The van der Waals surface area contributed by atoms with E-state index in [1.54, 1.807) is 0 Å². The number of hydrogen-bond donors (Lipinski definition) is 2. The van der Waals surface area contributed by atoms with Crippen LogP contribution in [0.25, 0.3) is 0 Å². The average molecular weight is 545 g/mol. The largest absolute Gasteiger partial charge is 0.416 e. The Balaban J connectivity index is 1.23. The van der Waals surface area contributed by atoms with Crippen molar-refractivity contribution in [2.45, 2.75) is 25.4 Å². The van der Waals surface area contributed by atoms with E-state index in [1.807, 2.05) is 42.5 Å². The van der Waals surface area contributed by atoms with E-state index in [0.717, 1.165) is 42.4 Å². The van der Waals surface area contributed by atoms with Crippen molar-refractivity contribution in [3.05, 3.63) is 88.9 Å². The normalized spacial score (nSPS) is 13.8. The number of carbonyl (C=O) groups is 2. The van der Waals surface area contributed by atoms with Crippen LogP contribution in [-0.4, -0.2) is 43.0 Å². The van der Waals surface area contributed by atoms with Crippen LogP contribution in [0.3, 0.4) is 0 Å². The summed E-state index contributed by atoms with van der Waals surface area (Å²) in [6.45, 7) is 1.88. The molecule has 1 aliphatic rings. The predicted octanol–water partition coefficient (Wildman–Crippen LogP) is 6.67. The highest BCUT2D eigenvalue weighted by Crippen LogP contribution is 2.34. The first-order valence-electron chi connectivity index (χ1n) is 12.3. The van der Waals surface area contributed by atoms with E-state index in [9.17, 15) is 22.8 Å². The molecule has 0 radical (unpaired) electrons. The van der Waals surface area contributed by atoms with Gasteiger partial charge >= 0.3 is 12.2 Å². The van der Waals surface area contributed by atoms with Crippen molar-refractivity contribution in [2.24, 2.45) is 0 Å². The monoisotopic (exact) mass is 544 g/mol. The van der Waals surface area contributed by atoms with Crippen LogP contribution in [0, 0.1) is 0 Å². The average Bonchev–Trinajstić information content (AvgIpc) is 2.90. The van der Waals surface area contributed by atoms with E-state index in [2.05, 4.69) is 27.7 Å². The Bertz CT molecular complexity index is 1250. The number of nitrogens with zero attached hydrogens (tertiary/aromatic N) is 2. The number of urea groups is 1. The summed E-state index contributed by atoms with van der Waals surface area (Å²) in [5.41, 5.74) is 1.92. The lowest BCUT2D eigenvalue weighted by Crippen LogP contribution is -2.50. The number of alkyl halides is 3. The molecular formula is C28H28ClF3N4O2. The van der Waals surface area contributed by atoms with Gasteiger partial charge in [0.15, 0.2) is 0 Å². The fourth-order valence-electron chi connectivity index (χ4n) is 4.24. The van der Waals surface area contributed by atoms with Gasteiger partial charge in [-0.3, -0.25) is 4.79 Å². The fraction of sp³-hybridized carbons (Fsp3) is 0.286. The molecule has 4 rings (SSSR count). The number of halogens is 4. The molecule has 2 N–H and O–H groups in total. The third-order valence-electron chi connectivity index (χ3n) is 6.33. The molecule has 10 heteroatoms. The zero-order valence-corrected chi connectivity index (χ0v) is 21.4. The molecule has 1 heterocycles. The van der Waals surface area contributed by atoms with Gasteiger partial charge in [-0.05, 0) is 60.9 Å². The third-order valence-corrected chi connectivity index (χ3v) is 6.66. The van der Waals surface area contributed by atoms with Crippen molar-refractivity contribution >= 4 is 40.6 Å². The molecule has 200 valence electrons. The number of rotatable bonds is 7. The van der Waals surface area contributed by atoms with Crippen LogP contribution in [0.4, 0.5) is 35.0 Å². The smallest absolute Gasteiger partial charge is 0.368 e. The summed E-state index contributed by atoms with van der Waals surface area (Å²) in [5, 5.41) is 5.45. The minimum atomic E-state index is -4.53. The van der Waals surface area contributed by atoms with Crippen LogP contribution in [0.2, 0.25) is 5.02 Å². The summed E-state index contributed by atoms with van der Waals surface area (Å²) in [5.74, 6) is -0.0332. The molecule has 3 aromatic rings. The van der Waals surface area contributed by atoms with Crippen LogP contribution in [0.5, 0.6) is 0 Å². The van der Waals surface area contributed by atoms with E-state index < -0.39 is 17.8 Å². The van der Waals surface area contributed by atoms with Gasteiger partial charge in [0.25, 0.3) is 0 Å². The minimum Gasteiger partial charge on any atom is -0.368 e. The maximum Gasteiger partial charge on any atom is 0.416 e. The second-order valence-electron chi connectivity index (χ2n) is 9.03. The number of aryl methyl sites for hydroxylation is 1. The lowest BCUT2D eigenvalue weighted by Gasteiger charge is -2.36. The molecule has 1 aliphatic heterocycles. The van der Waals surface area contributed by atoms with E-state index in [4.69, 9.17) is 11.6 Å². The standard InChI is InChI=1S/C28H28ClF3N4O2/c29-24-14-9-21(28(30,31)32)19-25(24)34-27(38)36-17-15-35(16-18-36)23-12-10-22(11-13-23)33-26(37)8-4-7-20-5-2-1-3-6-20/h1-3,5-6,9-14,19H,4,7-8,15-18H2,(H,33,37)(H,34,38). The molecule has 6 nitrogen and oxygen atoms in total. The lowest BCUT2D eigenvalue weighted by molar-refractivity contribution is -0.137. The summed E-state index contributed by atoms with van der Waals surface area (Å²) < 4.78 is 39.0. The van der Waals surface area contributed by atoms with E-state index >= 15 is 0 Å². The van der Waals surface area contributed by atoms with Crippen LogP contribution in [-0.2, 0) is 17.4 Å². The first-order valence-corrected chi connectivity index (χ1v) is 12.7. The Kier molecular flexibility index (Phi) is 8.78. The van der Waals surface area contributed by atoms with Crippen LogP contribution < -0.4 is 15.5 Å². The van der Waals surface area contributed by atoms with Gasteiger partial charge in [0.2, 0.25) is 5.91 Å².